The molecule has 1 aromatic carbocycles. The lowest BCUT2D eigenvalue weighted by atomic mass is 10.0. The molecule has 0 radical (unpaired) electrons. The van der Waals surface area contributed by atoms with Crippen LogP contribution in [-0.4, -0.2) is 10.9 Å². The van der Waals surface area contributed by atoms with Crippen molar-refractivity contribution in [3.63, 3.8) is 0 Å². The van der Waals surface area contributed by atoms with E-state index in [1.807, 2.05) is 12.1 Å². The topological polar surface area (TPSA) is 54.7 Å². The standard InChI is InChI=1S/C13H9N3O/c17-13-8-4-2-6-10-11(8)12(15-16-13)7-3-1-5-9(7)14-10/h2,4,6H,1,3,5H2. The zero-order valence-electron chi connectivity index (χ0n) is 9.10. The molecule has 1 aliphatic heterocycles. The number of rotatable bonds is 0. The van der Waals surface area contributed by atoms with Gasteiger partial charge in [-0.05, 0) is 31.4 Å². The Morgan fingerprint density at radius 2 is 2.06 bits per heavy atom. The van der Waals surface area contributed by atoms with Crippen LogP contribution in [0.15, 0.2) is 28.4 Å². The Morgan fingerprint density at radius 1 is 1.12 bits per heavy atom. The summed E-state index contributed by atoms with van der Waals surface area (Å²) in [5, 5.41) is 8.71. The first kappa shape index (κ1) is 8.98. The van der Waals surface area contributed by atoms with Crippen LogP contribution in [0.4, 0.5) is 5.69 Å². The fraction of sp³-hybridized carbons (Fsp3) is 0.231. The van der Waals surface area contributed by atoms with Crippen molar-refractivity contribution < 1.29 is 4.79 Å². The van der Waals surface area contributed by atoms with Crippen LogP contribution >= 0.6 is 0 Å². The van der Waals surface area contributed by atoms with Gasteiger partial charge in [-0.2, -0.15) is 0 Å². The van der Waals surface area contributed by atoms with Crippen LogP contribution in [0, 0.1) is 0 Å². The smallest absolute Gasteiger partial charge is 0.265 e. The first-order valence-electron chi connectivity index (χ1n) is 5.75. The molecule has 0 saturated heterocycles. The Labute approximate surface area is 97.4 Å². The van der Waals surface area contributed by atoms with Gasteiger partial charge in [0.1, 0.15) is 5.69 Å². The predicted octanol–water partition coefficient (Wildman–Crippen LogP) is 2.96. The Morgan fingerprint density at radius 3 is 3.00 bits per heavy atom. The van der Waals surface area contributed by atoms with Crippen molar-refractivity contribution in [2.75, 3.05) is 0 Å². The van der Waals surface area contributed by atoms with Crippen LogP contribution in [-0.2, 0) is 12.8 Å². The van der Waals surface area contributed by atoms with E-state index in [1.54, 1.807) is 6.07 Å². The highest BCUT2D eigenvalue weighted by Crippen LogP contribution is 2.40. The first-order valence-corrected chi connectivity index (χ1v) is 5.75. The van der Waals surface area contributed by atoms with E-state index in [2.05, 4.69) is 15.2 Å². The van der Waals surface area contributed by atoms with Crippen molar-refractivity contribution in [3.8, 4) is 0 Å². The highest BCUT2D eigenvalue weighted by atomic mass is 16.1. The number of hydrogen-bond donors (Lipinski definition) is 0. The van der Waals surface area contributed by atoms with Crippen molar-refractivity contribution in [2.45, 2.75) is 19.3 Å². The molecule has 0 bridgehead atoms. The summed E-state index contributed by atoms with van der Waals surface area (Å²) in [4.78, 5) is 16.3. The summed E-state index contributed by atoms with van der Waals surface area (Å²) in [6.45, 7) is 0. The maximum absolute atomic E-state index is 11.7. The number of nitrogens with zero attached hydrogens (tertiary/aromatic N) is 3. The molecule has 0 spiro atoms. The van der Waals surface area contributed by atoms with Gasteiger partial charge in [0, 0.05) is 16.6 Å². The average molecular weight is 223 g/mol. The summed E-state index contributed by atoms with van der Waals surface area (Å²) in [5.41, 5.74) is 4.68. The molecule has 82 valence electrons. The number of carbonyl (C=O) groups excluding carboxylic acids is 1. The normalized spacial score (nSPS) is 16.6. The lowest BCUT2D eigenvalue weighted by molar-refractivity contribution is 0.0995. The molecule has 1 aliphatic carbocycles. The second-order valence-corrected chi connectivity index (χ2v) is 4.44. The largest absolute Gasteiger partial charge is 0.296 e. The van der Waals surface area contributed by atoms with E-state index >= 15 is 0 Å². The van der Waals surface area contributed by atoms with Gasteiger partial charge in [0.05, 0.1) is 11.1 Å². The van der Waals surface area contributed by atoms with E-state index in [0.29, 0.717) is 5.56 Å². The van der Waals surface area contributed by atoms with E-state index < -0.39 is 0 Å². The Balaban J connectivity index is 2.24. The summed E-state index contributed by atoms with van der Waals surface area (Å²) in [6.07, 6.45) is 3.12. The molecule has 4 nitrogen and oxygen atoms in total. The van der Waals surface area contributed by atoms with E-state index in [4.69, 9.17) is 0 Å². The van der Waals surface area contributed by atoms with Gasteiger partial charge >= 0.3 is 0 Å². The Bertz CT molecular complexity index is 703. The van der Waals surface area contributed by atoms with Crippen molar-refractivity contribution in [1.82, 2.24) is 4.98 Å². The van der Waals surface area contributed by atoms with Crippen LogP contribution in [0.1, 0.15) is 28.0 Å². The van der Waals surface area contributed by atoms with Crippen molar-refractivity contribution in [2.24, 2.45) is 10.2 Å². The van der Waals surface area contributed by atoms with Crippen molar-refractivity contribution >= 4 is 22.5 Å². The molecule has 4 rings (SSSR count). The highest BCUT2D eigenvalue weighted by molar-refractivity contribution is 6.12. The average Bonchev–Trinajstić information content (AvgIpc) is 2.81. The molecule has 2 aliphatic rings. The van der Waals surface area contributed by atoms with Crippen LogP contribution < -0.4 is 0 Å². The van der Waals surface area contributed by atoms with Gasteiger partial charge in [0.25, 0.3) is 5.91 Å². The number of carbonyl (C=O) groups is 1. The van der Waals surface area contributed by atoms with E-state index in [1.165, 1.54) is 5.56 Å². The molecule has 2 heterocycles. The van der Waals surface area contributed by atoms with Gasteiger partial charge in [0.2, 0.25) is 0 Å². The molecule has 0 N–H and O–H groups in total. The molecule has 1 amide bonds. The van der Waals surface area contributed by atoms with Crippen LogP contribution in [0.5, 0.6) is 0 Å². The summed E-state index contributed by atoms with van der Waals surface area (Å²) < 4.78 is 0. The molecular weight excluding hydrogens is 214 g/mol. The number of pyridine rings is 1. The summed E-state index contributed by atoms with van der Waals surface area (Å²) >= 11 is 0. The van der Waals surface area contributed by atoms with Gasteiger partial charge in [-0.25, -0.2) is 0 Å². The second kappa shape index (κ2) is 2.97. The molecule has 0 fully saturated rings. The molecule has 4 heteroatoms. The summed E-state index contributed by atoms with van der Waals surface area (Å²) in [5.74, 6) is -0.261. The number of azo groups is 1. The van der Waals surface area contributed by atoms with Gasteiger partial charge in [0.15, 0.2) is 0 Å². The minimum atomic E-state index is -0.261. The molecular formula is C13H9N3O. The lowest BCUT2D eigenvalue weighted by Crippen LogP contribution is -2.02. The predicted molar refractivity (Wildman–Crippen MR) is 62.6 cm³/mol. The van der Waals surface area contributed by atoms with E-state index in [9.17, 15) is 4.79 Å². The molecule has 0 unspecified atom stereocenters. The van der Waals surface area contributed by atoms with Gasteiger partial charge in [-0.1, -0.05) is 6.07 Å². The number of aryl methyl sites for hydroxylation is 1. The number of amides is 1. The maximum Gasteiger partial charge on any atom is 0.296 e. The lowest BCUT2D eigenvalue weighted by Gasteiger charge is -2.12. The van der Waals surface area contributed by atoms with Crippen LogP contribution in [0.2, 0.25) is 0 Å². The maximum atomic E-state index is 11.7. The van der Waals surface area contributed by atoms with Crippen LogP contribution in [0.25, 0.3) is 10.9 Å². The third kappa shape index (κ3) is 1.07. The van der Waals surface area contributed by atoms with Gasteiger partial charge < -0.3 is 0 Å². The molecule has 17 heavy (non-hydrogen) atoms. The second-order valence-electron chi connectivity index (χ2n) is 4.44. The fourth-order valence-corrected chi connectivity index (χ4v) is 2.72. The van der Waals surface area contributed by atoms with Gasteiger partial charge in [-0.15, -0.1) is 10.2 Å². The summed E-state index contributed by atoms with van der Waals surface area (Å²) in [7, 11) is 0. The number of hydrogen-bond acceptors (Lipinski definition) is 3. The zero-order chi connectivity index (χ0) is 11.4. The van der Waals surface area contributed by atoms with Gasteiger partial charge in [-0.3, -0.25) is 9.78 Å². The zero-order valence-corrected chi connectivity index (χ0v) is 9.10. The van der Waals surface area contributed by atoms with E-state index in [0.717, 1.165) is 41.5 Å². The highest BCUT2D eigenvalue weighted by Gasteiger charge is 2.25. The third-order valence-corrected chi connectivity index (χ3v) is 3.48. The SMILES string of the molecule is O=C1N=Nc2c3c(nc4cccc1c24)CCC3. The Hall–Kier alpha value is -2.10. The van der Waals surface area contributed by atoms with E-state index in [-0.39, 0.29) is 5.91 Å². The number of fused-ring (bicyclic) bond motifs is 2. The molecule has 0 saturated carbocycles. The van der Waals surface area contributed by atoms with Crippen molar-refractivity contribution in [1.29, 1.82) is 0 Å². The first-order chi connectivity index (χ1) is 8.34. The third-order valence-electron chi connectivity index (χ3n) is 3.48. The Kier molecular flexibility index (Phi) is 1.57. The number of benzene rings is 1. The molecule has 2 aromatic rings. The quantitative estimate of drug-likeness (QED) is 0.689. The minimum Gasteiger partial charge on any atom is -0.265 e. The molecule has 0 atom stereocenters. The van der Waals surface area contributed by atoms with Crippen molar-refractivity contribution in [3.05, 3.63) is 35.0 Å². The number of aromatic nitrogens is 1. The molecule has 1 aromatic heterocycles. The summed E-state index contributed by atoms with van der Waals surface area (Å²) in [6, 6.07) is 5.60. The monoisotopic (exact) mass is 223 g/mol. The van der Waals surface area contributed by atoms with Crippen LogP contribution in [0.3, 0.4) is 0 Å². The fourth-order valence-electron chi connectivity index (χ4n) is 2.72. The minimum absolute atomic E-state index is 0.261.